The molecule has 0 saturated heterocycles. The molecule has 2 nitrogen and oxygen atoms in total. The molecule has 0 fully saturated rings. The van der Waals surface area contributed by atoms with E-state index in [0.29, 0.717) is 18.6 Å². The van der Waals surface area contributed by atoms with Gasteiger partial charge >= 0.3 is 12.5 Å². The number of aryl methyl sites for hydroxylation is 1. The van der Waals surface area contributed by atoms with Crippen molar-refractivity contribution >= 4 is 0 Å². The first-order valence-electron chi connectivity index (χ1n) is 7.72. The van der Waals surface area contributed by atoms with Crippen LogP contribution in [0.15, 0.2) is 42.5 Å². The largest absolute Gasteiger partial charge is 0.573 e. The average Bonchev–Trinajstić information content (AvgIpc) is 2.55. The van der Waals surface area contributed by atoms with Gasteiger partial charge in [0.25, 0.3) is 0 Å². The fraction of sp³-hybridized carbons (Fsp3) is 0.333. The highest BCUT2D eigenvalue weighted by molar-refractivity contribution is 5.31. The number of alkyl halides is 5. The van der Waals surface area contributed by atoms with Crippen molar-refractivity contribution in [3.05, 3.63) is 65.0 Å². The van der Waals surface area contributed by atoms with Crippen molar-refractivity contribution < 1.29 is 35.8 Å². The van der Waals surface area contributed by atoms with Gasteiger partial charge in [0, 0.05) is 0 Å². The predicted molar refractivity (Wildman–Crippen MR) is 82.3 cm³/mol. The summed E-state index contributed by atoms with van der Waals surface area (Å²) in [4.78, 5) is 0. The third-order valence-corrected chi connectivity index (χ3v) is 3.67. The molecule has 2 rings (SSSR count). The second-order valence-corrected chi connectivity index (χ2v) is 5.56. The van der Waals surface area contributed by atoms with Crippen LogP contribution in [0.3, 0.4) is 0 Å². The van der Waals surface area contributed by atoms with Crippen LogP contribution in [0.2, 0.25) is 0 Å². The first-order valence-corrected chi connectivity index (χ1v) is 7.72. The summed E-state index contributed by atoms with van der Waals surface area (Å²) in [6.07, 6.45) is -9.29. The van der Waals surface area contributed by atoms with Gasteiger partial charge in [-0.2, -0.15) is 8.78 Å². The molecular formula is C18H16F6O2. The lowest BCUT2D eigenvalue weighted by molar-refractivity contribution is -0.275. The Labute approximate surface area is 146 Å². The van der Waals surface area contributed by atoms with E-state index in [9.17, 15) is 26.3 Å². The van der Waals surface area contributed by atoms with Gasteiger partial charge in [0.15, 0.2) is 11.6 Å². The third kappa shape index (κ3) is 5.14. The standard InChI is InChI=1S/C18H16F6O2/c1-3-12-4-7-14(8-5-12)17(20,21)25-11(2)13-6-9-16(15(19)10-13)26-18(22,23)24/h4-11H,3H2,1-2H3. The molecule has 8 heteroatoms. The SMILES string of the molecule is CCc1ccc(C(F)(F)OC(C)c2ccc(OC(F)(F)F)c(F)c2)cc1. The average molecular weight is 378 g/mol. The Morgan fingerprint density at radius 3 is 2.08 bits per heavy atom. The summed E-state index contributed by atoms with van der Waals surface area (Å²) in [6, 6.07) is 7.96. The van der Waals surface area contributed by atoms with Crippen LogP contribution in [-0.2, 0) is 17.3 Å². The Hall–Kier alpha value is -2.22. The van der Waals surface area contributed by atoms with Gasteiger partial charge in [0.2, 0.25) is 0 Å². The molecule has 0 spiro atoms. The predicted octanol–water partition coefficient (Wildman–Crippen LogP) is 6.11. The Bertz CT molecular complexity index is 740. The van der Waals surface area contributed by atoms with Crippen molar-refractivity contribution in [1.29, 1.82) is 0 Å². The van der Waals surface area contributed by atoms with Crippen molar-refractivity contribution in [2.75, 3.05) is 0 Å². The van der Waals surface area contributed by atoms with Gasteiger partial charge in [-0.25, -0.2) is 4.39 Å². The van der Waals surface area contributed by atoms with E-state index in [1.807, 2.05) is 6.92 Å². The van der Waals surface area contributed by atoms with E-state index in [-0.39, 0.29) is 11.1 Å². The Morgan fingerprint density at radius 1 is 0.962 bits per heavy atom. The second kappa shape index (κ2) is 7.57. The van der Waals surface area contributed by atoms with Crippen LogP contribution in [0.4, 0.5) is 26.3 Å². The fourth-order valence-electron chi connectivity index (χ4n) is 2.27. The number of hydrogen-bond donors (Lipinski definition) is 0. The molecule has 142 valence electrons. The first-order chi connectivity index (χ1) is 12.0. The lowest BCUT2D eigenvalue weighted by Crippen LogP contribution is -2.21. The maximum Gasteiger partial charge on any atom is 0.573 e. The van der Waals surface area contributed by atoms with Crippen LogP contribution < -0.4 is 4.74 Å². The molecule has 0 aliphatic rings. The van der Waals surface area contributed by atoms with Crippen LogP contribution >= 0.6 is 0 Å². The highest BCUT2D eigenvalue weighted by Crippen LogP contribution is 2.36. The Balaban J connectivity index is 2.15. The first kappa shape index (κ1) is 20.1. The maximum atomic E-state index is 14.2. The van der Waals surface area contributed by atoms with E-state index in [1.165, 1.54) is 19.1 Å². The smallest absolute Gasteiger partial charge is 0.403 e. The normalized spacial score (nSPS) is 13.5. The van der Waals surface area contributed by atoms with Crippen molar-refractivity contribution in [3.8, 4) is 5.75 Å². The van der Waals surface area contributed by atoms with E-state index >= 15 is 0 Å². The number of hydrogen-bond acceptors (Lipinski definition) is 2. The zero-order chi connectivity index (χ0) is 19.5. The highest BCUT2D eigenvalue weighted by Gasteiger charge is 2.36. The van der Waals surface area contributed by atoms with Gasteiger partial charge < -0.3 is 9.47 Å². The molecule has 0 heterocycles. The fourth-order valence-corrected chi connectivity index (χ4v) is 2.27. The lowest BCUT2D eigenvalue weighted by Gasteiger charge is -2.23. The number of benzene rings is 2. The minimum Gasteiger partial charge on any atom is -0.403 e. The van der Waals surface area contributed by atoms with Crippen LogP contribution in [0, 0.1) is 5.82 Å². The molecule has 0 amide bonds. The zero-order valence-corrected chi connectivity index (χ0v) is 13.9. The number of ether oxygens (including phenoxy) is 2. The summed E-state index contributed by atoms with van der Waals surface area (Å²) in [5, 5.41) is 0. The Kier molecular flexibility index (Phi) is 5.85. The van der Waals surface area contributed by atoms with Crippen molar-refractivity contribution in [1.82, 2.24) is 0 Å². The molecule has 2 aromatic carbocycles. The van der Waals surface area contributed by atoms with Crippen molar-refractivity contribution in [2.24, 2.45) is 0 Å². The maximum absolute atomic E-state index is 14.2. The molecular weight excluding hydrogens is 362 g/mol. The van der Waals surface area contributed by atoms with Crippen molar-refractivity contribution in [2.45, 2.75) is 38.8 Å². The van der Waals surface area contributed by atoms with Gasteiger partial charge in [-0.3, -0.25) is 0 Å². The zero-order valence-electron chi connectivity index (χ0n) is 13.9. The molecule has 1 atom stereocenters. The number of halogens is 6. The molecule has 0 aliphatic carbocycles. The van der Waals surface area contributed by atoms with Gasteiger partial charge in [-0.05, 0) is 36.6 Å². The molecule has 0 radical (unpaired) electrons. The van der Waals surface area contributed by atoms with Crippen LogP contribution in [0.25, 0.3) is 0 Å². The number of rotatable bonds is 6. The summed E-state index contributed by atoms with van der Waals surface area (Å²) in [5.74, 6) is -2.37. The van der Waals surface area contributed by atoms with Gasteiger partial charge in [0.05, 0.1) is 11.7 Å². The lowest BCUT2D eigenvalue weighted by atomic mass is 10.1. The van der Waals surface area contributed by atoms with Gasteiger partial charge in [-0.15, -0.1) is 13.2 Å². The molecule has 1 unspecified atom stereocenters. The summed E-state index contributed by atoms with van der Waals surface area (Å²) in [5.41, 5.74) is 0.445. The van der Waals surface area contributed by atoms with E-state index in [0.717, 1.165) is 11.6 Å². The monoisotopic (exact) mass is 378 g/mol. The van der Waals surface area contributed by atoms with Crippen LogP contribution in [0.5, 0.6) is 5.75 Å². The Morgan fingerprint density at radius 2 is 1.58 bits per heavy atom. The molecule has 0 aromatic heterocycles. The second-order valence-electron chi connectivity index (χ2n) is 5.56. The molecule has 2 aromatic rings. The third-order valence-electron chi connectivity index (χ3n) is 3.67. The van der Waals surface area contributed by atoms with Crippen LogP contribution in [0.1, 0.15) is 36.6 Å². The topological polar surface area (TPSA) is 18.5 Å². The minimum atomic E-state index is -5.05. The van der Waals surface area contributed by atoms with E-state index in [2.05, 4.69) is 4.74 Å². The molecule has 0 aliphatic heterocycles. The minimum absolute atomic E-state index is 0.0538. The van der Waals surface area contributed by atoms with E-state index in [1.54, 1.807) is 12.1 Å². The highest BCUT2D eigenvalue weighted by atomic mass is 19.4. The summed E-state index contributed by atoms with van der Waals surface area (Å²) in [6.45, 7) is 3.12. The van der Waals surface area contributed by atoms with Crippen molar-refractivity contribution in [3.63, 3.8) is 0 Å². The summed E-state index contributed by atoms with van der Waals surface area (Å²) >= 11 is 0. The summed E-state index contributed by atoms with van der Waals surface area (Å²) in [7, 11) is 0. The molecule has 0 bridgehead atoms. The molecule has 0 N–H and O–H groups in total. The van der Waals surface area contributed by atoms with Gasteiger partial charge in [-0.1, -0.05) is 37.3 Å². The van der Waals surface area contributed by atoms with Gasteiger partial charge in [0.1, 0.15) is 0 Å². The molecule has 0 saturated carbocycles. The van der Waals surface area contributed by atoms with E-state index < -0.39 is 30.1 Å². The quantitative estimate of drug-likeness (QED) is 0.565. The van der Waals surface area contributed by atoms with E-state index in [4.69, 9.17) is 4.74 Å². The molecule has 26 heavy (non-hydrogen) atoms. The summed E-state index contributed by atoms with van der Waals surface area (Å²) < 4.78 is 86.8. The van der Waals surface area contributed by atoms with Crippen LogP contribution in [-0.4, -0.2) is 6.36 Å².